The lowest BCUT2D eigenvalue weighted by atomic mass is 10.1. The molecule has 0 aliphatic carbocycles. The highest BCUT2D eigenvalue weighted by Gasteiger charge is 2.17. The average Bonchev–Trinajstić information content (AvgIpc) is 3.05. The molecule has 0 radical (unpaired) electrons. The van der Waals surface area contributed by atoms with Crippen molar-refractivity contribution in [1.82, 2.24) is 9.38 Å². The summed E-state index contributed by atoms with van der Waals surface area (Å²) in [5.74, 6) is 2.37. The molecule has 5 nitrogen and oxygen atoms in total. The molecule has 3 heterocycles. The van der Waals surface area contributed by atoms with Crippen LogP contribution < -0.4 is 14.8 Å². The zero-order valence-electron chi connectivity index (χ0n) is 15.3. The van der Waals surface area contributed by atoms with Gasteiger partial charge in [0.15, 0.2) is 11.5 Å². The molecule has 0 spiro atoms. The molecule has 2 aromatic heterocycles. The van der Waals surface area contributed by atoms with E-state index in [-0.39, 0.29) is 0 Å². The summed E-state index contributed by atoms with van der Waals surface area (Å²) in [6.45, 7) is 3.19. The number of imidazole rings is 1. The number of fused-ring (bicyclic) bond motifs is 2. The summed E-state index contributed by atoms with van der Waals surface area (Å²) in [7, 11) is 0. The summed E-state index contributed by atoms with van der Waals surface area (Å²) < 4.78 is 13.4. The zero-order chi connectivity index (χ0) is 19.1. The monoisotopic (exact) mass is 391 g/mol. The lowest BCUT2D eigenvalue weighted by Crippen LogP contribution is -2.15. The number of nitrogens with zero attached hydrogens (tertiary/aromatic N) is 2. The Morgan fingerprint density at radius 1 is 1.00 bits per heavy atom. The van der Waals surface area contributed by atoms with E-state index in [2.05, 4.69) is 24.4 Å². The highest BCUT2D eigenvalue weighted by molar-refractivity contribution is 6.30. The molecule has 0 saturated heterocycles. The van der Waals surface area contributed by atoms with Crippen molar-refractivity contribution in [1.29, 1.82) is 0 Å². The minimum absolute atomic E-state index is 0.555. The van der Waals surface area contributed by atoms with Crippen molar-refractivity contribution in [3.8, 4) is 22.8 Å². The van der Waals surface area contributed by atoms with Crippen molar-refractivity contribution < 1.29 is 9.47 Å². The van der Waals surface area contributed by atoms with Gasteiger partial charge in [-0.1, -0.05) is 23.7 Å². The van der Waals surface area contributed by atoms with Gasteiger partial charge in [0.2, 0.25) is 0 Å². The second kappa shape index (κ2) is 6.77. The molecule has 0 fully saturated rings. The number of halogens is 1. The van der Waals surface area contributed by atoms with E-state index in [9.17, 15) is 0 Å². The van der Waals surface area contributed by atoms with Crippen molar-refractivity contribution in [2.45, 2.75) is 6.92 Å². The molecular weight excluding hydrogens is 374 g/mol. The zero-order valence-corrected chi connectivity index (χ0v) is 16.0. The second-order valence-electron chi connectivity index (χ2n) is 6.74. The number of rotatable bonds is 3. The van der Waals surface area contributed by atoms with E-state index in [1.165, 1.54) is 0 Å². The fourth-order valence-electron chi connectivity index (χ4n) is 3.36. The Labute approximate surface area is 167 Å². The molecule has 0 saturated carbocycles. The van der Waals surface area contributed by atoms with Gasteiger partial charge in [-0.3, -0.25) is 4.40 Å². The Morgan fingerprint density at radius 2 is 1.86 bits per heavy atom. The third kappa shape index (κ3) is 3.04. The standard InChI is InChI=1S/C22H18ClN3O2/c1-14-7-8-26-20(11-14)25-21(15-3-2-4-16(23)12-15)22(26)24-17-5-6-18-19(13-17)28-10-9-27-18/h2-8,11-13,24H,9-10H2,1H3. The van der Waals surface area contributed by atoms with Crippen LogP contribution in [0.25, 0.3) is 16.9 Å². The Bertz CT molecular complexity index is 1190. The maximum atomic E-state index is 6.23. The highest BCUT2D eigenvalue weighted by atomic mass is 35.5. The number of nitrogens with one attached hydrogen (secondary N) is 1. The molecule has 140 valence electrons. The topological polar surface area (TPSA) is 47.8 Å². The SMILES string of the molecule is Cc1ccn2c(Nc3ccc4c(c3)OCCO4)c(-c3cccc(Cl)c3)nc2c1. The largest absolute Gasteiger partial charge is 0.486 e. The molecule has 28 heavy (non-hydrogen) atoms. The Balaban J connectivity index is 1.64. The van der Waals surface area contributed by atoms with Gasteiger partial charge in [0.1, 0.15) is 30.4 Å². The summed E-state index contributed by atoms with van der Waals surface area (Å²) in [4.78, 5) is 4.85. The van der Waals surface area contributed by atoms with E-state index in [1.54, 1.807) is 0 Å². The van der Waals surface area contributed by atoms with Crippen molar-refractivity contribution in [2.24, 2.45) is 0 Å². The number of anilines is 2. The number of aromatic nitrogens is 2. The number of ether oxygens (including phenoxy) is 2. The van der Waals surface area contributed by atoms with Crippen LogP contribution in [0.2, 0.25) is 5.02 Å². The second-order valence-corrected chi connectivity index (χ2v) is 7.17. The molecule has 0 unspecified atom stereocenters. The fourth-order valence-corrected chi connectivity index (χ4v) is 3.55. The van der Waals surface area contributed by atoms with Crippen molar-refractivity contribution >= 4 is 28.8 Å². The maximum absolute atomic E-state index is 6.23. The van der Waals surface area contributed by atoms with Crippen LogP contribution in [0.3, 0.4) is 0 Å². The predicted molar refractivity (Wildman–Crippen MR) is 111 cm³/mol. The van der Waals surface area contributed by atoms with Gasteiger partial charge in [-0.05, 0) is 48.9 Å². The van der Waals surface area contributed by atoms with E-state index in [1.807, 2.05) is 53.1 Å². The highest BCUT2D eigenvalue weighted by Crippen LogP contribution is 2.36. The van der Waals surface area contributed by atoms with E-state index >= 15 is 0 Å². The van der Waals surface area contributed by atoms with E-state index in [0.29, 0.717) is 18.2 Å². The Morgan fingerprint density at radius 3 is 2.71 bits per heavy atom. The fraction of sp³-hybridized carbons (Fsp3) is 0.136. The van der Waals surface area contributed by atoms with Gasteiger partial charge in [-0.15, -0.1) is 0 Å². The van der Waals surface area contributed by atoms with Crippen LogP contribution in [0.15, 0.2) is 60.8 Å². The Hall–Kier alpha value is -3.18. The number of hydrogen-bond acceptors (Lipinski definition) is 4. The number of aryl methyl sites for hydroxylation is 1. The molecule has 0 atom stereocenters. The summed E-state index contributed by atoms with van der Waals surface area (Å²) in [5, 5.41) is 4.18. The van der Waals surface area contributed by atoms with Crippen LogP contribution in [0.4, 0.5) is 11.5 Å². The van der Waals surface area contributed by atoms with Gasteiger partial charge >= 0.3 is 0 Å². The van der Waals surface area contributed by atoms with Gasteiger partial charge in [-0.25, -0.2) is 4.98 Å². The van der Waals surface area contributed by atoms with Gasteiger partial charge in [0.25, 0.3) is 0 Å². The minimum atomic E-state index is 0.555. The molecule has 0 amide bonds. The molecule has 5 rings (SSSR count). The molecule has 6 heteroatoms. The van der Waals surface area contributed by atoms with Gasteiger partial charge in [0.05, 0.1) is 0 Å². The summed E-state index contributed by atoms with van der Waals surface area (Å²) in [5.41, 5.74) is 4.71. The quantitative estimate of drug-likeness (QED) is 0.502. The first-order chi connectivity index (χ1) is 13.7. The van der Waals surface area contributed by atoms with Crippen LogP contribution in [-0.4, -0.2) is 22.6 Å². The summed E-state index contributed by atoms with van der Waals surface area (Å²) >= 11 is 6.23. The summed E-state index contributed by atoms with van der Waals surface area (Å²) in [6.07, 6.45) is 2.02. The van der Waals surface area contributed by atoms with Crippen molar-refractivity contribution in [3.63, 3.8) is 0 Å². The summed E-state index contributed by atoms with van der Waals surface area (Å²) in [6, 6.07) is 17.7. The van der Waals surface area contributed by atoms with Crippen molar-refractivity contribution in [3.05, 3.63) is 71.4 Å². The average molecular weight is 392 g/mol. The lowest BCUT2D eigenvalue weighted by molar-refractivity contribution is 0.171. The first-order valence-corrected chi connectivity index (χ1v) is 9.46. The van der Waals surface area contributed by atoms with Crippen LogP contribution in [0, 0.1) is 6.92 Å². The first kappa shape index (κ1) is 17.0. The predicted octanol–water partition coefficient (Wildman–Crippen LogP) is 5.48. The van der Waals surface area contributed by atoms with Gasteiger partial charge in [-0.2, -0.15) is 0 Å². The van der Waals surface area contributed by atoms with Crippen LogP contribution in [-0.2, 0) is 0 Å². The van der Waals surface area contributed by atoms with Crippen LogP contribution >= 0.6 is 11.6 Å². The third-order valence-electron chi connectivity index (χ3n) is 4.68. The number of hydrogen-bond donors (Lipinski definition) is 1. The molecule has 4 aromatic rings. The molecule has 0 bridgehead atoms. The minimum Gasteiger partial charge on any atom is -0.486 e. The molecule has 1 aliphatic rings. The molecule has 1 N–H and O–H groups in total. The maximum Gasteiger partial charge on any atom is 0.163 e. The van der Waals surface area contributed by atoms with Crippen LogP contribution in [0.5, 0.6) is 11.5 Å². The molecular formula is C22H18ClN3O2. The molecule has 2 aromatic carbocycles. The Kier molecular flexibility index (Phi) is 4.10. The molecule has 1 aliphatic heterocycles. The first-order valence-electron chi connectivity index (χ1n) is 9.09. The van der Waals surface area contributed by atoms with Gasteiger partial charge < -0.3 is 14.8 Å². The smallest absolute Gasteiger partial charge is 0.163 e. The van der Waals surface area contributed by atoms with E-state index in [4.69, 9.17) is 26.1 Å². The van der Waals surface area contributed by atoms with E-state index < -0.39 is 0 Å². The van der Waals surface area contributed by atoms with E-state index in [0.717, 1.165) is 45.5 Å². The number of pyridine rings is 1. The lowest BCUT2D eigenvalue weighted by Gasteiger charge is -2.19. The third-order valence-corrected chi connectivity index (χ3v) is 4.92. The van der Waals surface area contributed by atoms with Crippen molar-refractivity contribution in [2.75, 3.05) is 18.5 Å². The van der Waals surface area contributed by atoms with Crippen LogP contribution in [0.1, 0.15) is 5.56 Å². The van der Waals surface area contributed by atoms with Gasteiger partial charge in [0, 0.05) is 28.5 Å². The normalized spacial score (nSPS) is 12.9. The number of benzene rings is 2.